The maximum Gasteiger partial charge on any atom is 0.280 e. The zero-order valence-corrected chi connectivity index (χ0v) is 14.9. The molecule has 0 radical (unpaired) electrons. The van der Waals surface area contributed by atoms with Gasteiger partial charge in [0.2, 0.25) is 10.0 Å². The third-order valence-electron chi connectivity index (χ3n) is 3.31. The number of rotatable bonds is 5. The Morgan fingerprint density at radius 3 is 2.56 bits per heavy atom. The summed E-state index contributed by atoms with van der Waals surface area (Å²) in [4.78, 5) is 30.7. The van der Waals surface area contributed by atoms with E-state index in [1.807, 2.05) is 0 Å². The van der Waals surface area contributed by atoms with Crippen molar-refractivity contribution in [2.45, 2.75) is 13.8 Å². The van der Waals surface area contributed by atoms with Gasteiger partial charge in [-0.05, 0) is 32.0 Å². The second-order valence-corrected chi connectivity index (χ2v) is 7.12. The number of hydrogen-bond acceptors (Lipinski definition) is 6. The van der Waals surface area contributed by atoms with Crippen molar-refractivity contribution in [3.63, 3.8) is 0 Å². The largest absolute Gasteiger partial charge is 0.495 e. The highest BCUT2D eigenvalue weighted by Gasteiger charge is 2.16. The summed E-state index contributed by atoms with van der Waals surface area (Å²) >= 11 is 0. The number of aromatic nitrogens is 2. The molecule has 1 aromatic carbocycles. The lowest BCUT2D eigenvalue weighted by Gasteiger charge is -2.12. The van der Waals surface area contributed by atoms with Crippen LogP contribution in [0.4, 0.5) is 11.4 Å². The van der Waals surface area contributed by atoms with E-state index in [2.05, 4.69) is 20.0 Å². The smallest absolute Gasteiger partial charge is 0.280 e. The number of amides is 1. The Morgan fingerprint density at radius 1 is 1.28 bits per heavy atom. The average molecular weight is 366 g/mol. The van der Waals surface area contributed by atoms with E-state index in [-0.39, 0.29) is 22.8 Å². The standard InChI is InChI=1S/C15H18N4O5S/c1-8-9(2)17-14(20)13(16-8)15(21)18-10-5-6-12(24-3)11(7-10)19-25(4,22)23/h5-7,19H,1-4H3,(H,17,20)(H,18,21). The number of anilines is 2. The lowest BCUT2D eigenvalue weighted by atomic mass is 10.2. The number of carbonyl (C=O) groups excluding carboxylic acids is 1. The Labute approximate surface area is 144 Å². The third-order valence-corrected chi connectivity index (χ3v) is 3.90. The number of carbonyl (C=O) groups is 1. The van der Waals surface area contributed by atoms with Crippen molar-refractivity contribution < 1.29 is 17.9 Å². The fraction of sp³-hybridized carbons (Fsp3) is 0.267. The van der Waals surface area contributed by atoms with Crippen LogP contribution in [0.5, 0.6) is 5.75 Å². The average Bonchev–Trinajstić information content (AvgIpc) is 2.49. The predicted octanol–water partition coefficient (Wildman–Crippen LogP) is 1.02. The first-order chi connectivity index (χ1) is 11.6. The van der Waals surface area contributed by atoms with E-state index in [1.54, 1.807) is 13.8 Å². The minimum absolute atomic E-state index is 0.157. The van der Waals surface area contributed by atoms with Gasteiger partial charge >= 0.3 is 0 Å². The van der Waals surface area contributed by atoms with E-state index in [1.165, 1.54) is 25.3 Å². The number of nitrogens with zero attached hydrogens (tertiary/aromatic N) is 1. The monoisotopic (exact) mass is 366 g/mol. The molecule has 134 valence electrons. The van der Waals surface area contributed by atoms with Crippen LogP contribution < -0.4 is 20.3 Å². The van der Waals surface area contributed by atoms with Crippen LogP contribution in [0.15, 0.2) is 23.0 Å². The van der Waals surface area contributed by atoms with Gasteiger partial charge in [-0.25, -0.2) is 13.4 Å². The summed E-state index contributed by atoms with van der Waals surface area (Å²) < 4.78 is 30.2. The maximum absolute atomic E-state index is 12.3. The van der Waals surface area contributed by atoms with Crippen LogP contribution >= 0.6 is 0 Å². The van der Waals surface area contributed by atoms with Crippen LogP contribution in [0.3, 0.4) is 0 Å². The second kappa shape index (κ2) is 6.93. The zero-order chi connectivity index (χ0) is 18.8. The number of sulfonamides is 1. The minimum atomic E-state index is -3.53. The van der Waals surface area contributed by atoms with Gasteiger partial charge in [-0.2, -0.15) is 0 Å². The highest BCUT2D eigenvalue weighted by molar-refractivity contribution is 7.92. The number of benzene rings is 1. The molecule has 1 amide bonds. The molecule has 3 N–H and O–H groups in total. The molecule has 0 fully saturated rings. The first kappa shape index (κ1) is 18.5. The molecule has 0 saturated carbocycles. The molecule has 1 heterocycles. The highest BCUT2D eigenvalue weighted by Crippen LogP contribution is 2.28. The van der Waals surface area contributed by atoms with Gasteiger partial charge in [0.05, 0.1) is 24.7 Å². The van der Waals surface area contributed by atoms with Gasteiger partial charge in [0, 0.05) is 11.4 Å². The van der Waals surface area contributed by atoms with Gasteiger partial charge in [-0.15, -0.1) is 0 Å². The van der Waals surface area contributed by atoms with Gasteiger partial charge in [-0.1, -0.05) is 0 Å². The number of nitrogens with one attached hydrogen (secondary N) is 3. The number of H-pyrrole nitrogens is 1. The van der Waals surface area contributed by atoms with Crippen LogP contribution in [0.1, 0.15) is 21.9 Å². The molecule has 0 bridgehead atoms. The van der Waals surface area contributed by atoms with Crippen LogP contribution in [0, 0.1) is 13.8 Å². The second-order valence-electron chi connectivity index (χ2n) is 5.37. The molecule has 9 nitrogen and oxygen atoms in total. The van der Waals surface area contributed by atoms with Crippen molar-refractivity contribution >= 4 is 27.3 Å². The summed E-state index contributed by atoms with van der Waals surface area (Å²) in [6, 6.07) is 4.38. The molecule has 10 heteroatoms. The molecular formula is C15H18N4O5S. The first-order valence-electron chi connectivity index (χ1n) is 7.15. The topological polar surface area (TPSA) is 130 Å². The van der Waals surface area contributed by atoms with Gasteiger partial charge in [0.15, 0.2) is 5.69 Å². The molecule has 0 aliphatic heterocycles. The van der Waals surface area contributed by atoms with Crippen LogP contribution in [0.25, 0.3) is 0 Å². The van der Waals surface area contributed by atoms with Crippen LogP contribution in [-0.4, -0.2) is 37.7 Å². The van der Waals surface area contributed by atoms with Crippen LogP contribution in [0.2, 0.25) is 0 Å². The van der Waals surface area contributed by atoms with Crippen LogP contribution in [-0.2, 0) is 10.0 Å². The molecule has 2 rings (SSSR count). The van der Waals surface area contributed by atoms with E-state index in [9.17, 15) is 18.0 Å². The predicted molar refractivity (Wildman–Crippen MR) is 93.7 cm³/mol. The molecular weight excluding hydrogens is 348 g/mol. The summed E-state index contributed by atoms with van der Waals surface area (Å²) in [5.74, 6) is -0.426. The number of aromatic amines is 1. The van der Waals surface area contributed by atoms with E-state index < -0.39 is 21.5 Å². The van der Waals surface area contributed by atoms with Crippen molar-refractivity contribution in [3.05, 3.63) is 45.6 Å². The Hall–Kier alpha value is -2.88. The fourth-order valence-electron chi connectivity index (χ4n) is 2.03. The van der Waals surface area contributed by atoms with Gasteiger partial charge in [0.1, 0.15) is 5.75 Å². The summed E-state index contributed by atoms with van der Waals surface area (Å²) in [6.07, 6.45) is 0.996. The lowest BCUT2D eigenvalue weighted by molar-refractivity contribution is 0.102. The van der Waals surface area contributed by atoms with Crippen molar-refractivity contribution in [1.29, 1.82) is 0 Å². The van der Waals surface area contributed by atoms with Crippen molar-refractivity contribution in [2.24, 2.45) is 0 Å². The molecule has 0 atom stereocenters. The summed E-state index contributed by atoms with van der Waals surface area (Å²) in [7, 11) is -2.15. The fourth-order valence-corrected chi connectivity index (χ4v) is 2.59. The highest BCUT2D eigenvalue weighted by atomic mass is 32.2. The number of aryl methyl sites for hydroxylation is 2. The van der Waals surface area contributed by atoms with E-state index in [4.69, 9.17) is 4.74 Å². The Balaban J connectivity index is 2.34. The normalized spacial score (nSPS) is 11.0. The molecule has 25 heavy (non-hydrogen) atoms. The molecule has 0 aliphatic rings. The van der Waals surface area contributed by atoms with Crippen molar-refractivity contribution in [3.8, 4) is 5.75 Å². The summed E-state index contributed by atoms with van der Waals surface area (Å²) in [6.45, 7) is 3.35. The number of hydrogen-bond donors (Lipinski definition) is 3. The Bertz CT molecular complexity index is 982. The van der Waals surface area contributed by atoms with Gasteiger partial charge in [-0.3, -0.25) is 14.3 Å². The van der Waals surface area contributed by atoms with Crippen molar-refractivity contribution in [2.75, 3.05) is 23.4 Å². The quantitative estimate of drug-likeness (QED) is 0.724. The summed E-state index contributed by atoms with van der Waals surface area (Å²) in [5, 5.41) is 2.51. The Kier molecular flexibility index (Phi) is 5.12. The van der Waals surface area contributed by atoms with Gasteiger partial charge in [0.25, 0.3) is 11.5 Å². The molecule has 2 aromatic rings. The van der Waals surface area contributed by atoms with Crippen molar-refractivity contribution in [1.82, 2.24) is 9.97 Å². The lowest BCUT2D eigenvalue weighted by Crippen LogP contribution is -2.26. The van der Waals surface area contributed by atoms with Gasteiger partial charge < -0.3 is 15.0 Å². The number of ether oxygens (including phenoxy) is 1. The van der Waals surface area contributed by atoms with E-state index in [0.717, 1.165) is 6.26 Å². The number of methoxy groups -OCH3 is 1. The zero-order valence-electron chi connectivity index (χ0n) is 14.1. The minimum Gasteiger partial charge on any atom is -0.495 e. The molecule has 0 spiro atoms. The first-order valence-corrected chi connectivity index (χ1v) is 9.04. The maximum atomic E-state index is 12.3. The molecule has 0 unspecified atom stereocenters. The molecule has 0 aliphatic carbocycles. The van der Waals surface area contributed by atoms with E-state index >= 15 is 0 Å². The Morgan fingerprint density at radius 2 is 1.96 bits per heavy atom. The SMILES string of the molecule is COc1ccc(NC(=O)c2nc(C)c(C)[nH]c2=O)cc1NS(C)(=O)=O. The third kappa shape index (κ3) is 4.57. The summed E-state index contributed by atoms with van der Waals surface area (Å²) in [5.41, 5.74) is 0.644. The molecule has 0 saturated heterocycles. The molecule has 1 aromatic heterocycles. The van der Waals surface area contributed by atoms with E-state index in [0.29, 0.717) is 11.4 Å².